The predicted octanol–water partition coefficient (Wildman–Crippen LogP) is 3.19. The summed E-state index contributed by atoms with van der Waals surface area (Å²) in [7, 11) is 0. The standard InChI is InChI=1S/C23H29N3O2/c1-4-23(2,3)25-21(27)15-26-20-13-9-8-12-17(20)18(14-19(24)22(26)28)16-10-6-5-7-11-16/h5-13,18-19H,4,14-15,24H2,1-3H3,(H,25,27)/t18-,19-/m1/s1. The van der Waals surface area contributed by atoms with Crippen LogP contribution in [0.2, 0.25) is 0 Å². The minimum absolute atomic E-state index is 0.0106. The van der Waals surface area contributed by atoms with Crippen LogP contribution in [-0.4, -0.2) is 29.9 Å². The van der Waals surface area contributed by atoms with E-state index in [4.69, 9.17) is 5.73 Å². The third kappa shape index (κ3) is 4.25. The summed E-state index contributed by atoms with van der Waals surface area (Å²) in [6.07, 6.45) is 1.32. The molecule has 2 amide bonds. The second-order valence-corrected chi connectivity index (χ2v) is 8.07. The third-order valence-corrected chi connectivity index (χ3v) is 5.54. The summed E-state index contributed by atoms with van der Waals surface area (Å²) in [6.45, 7) is 5.93. The zero-order chi connectivity index (χ0) is 20.3. The van der Waals surface area contributed by atoms with E-state index in [0.29, 0.717) is 6.42 Å². The van der Waals surface area contributed by atoms with E-state index < -0.39 is 6.04 Å². The first-order valence-electron chi connectivity index (χ1n) is 9.84. The van der Waals surface area contributed by atoms with Crippen molar-refractivity contribution in [3.63, 3.8) is 0 Å². The van der Waals surface area contributed by atoms with E-state index in [2.05, 4.69) is 17.4 Å². The number of para-hydroxylation sites is 1. The molecule has 5 nitrogen and oxygen atoms in total. The maximum Gasteiger partial charge on any atom is 0.244 e. The zero-order valence-corrected chi connectivity index (χ0v) is 16.8. The molecule has 1 aliphatic rings. The number of rotatable bonds is 5. The summed E-state index contributed by atoms with van der Waals surface area (Å²) in [6, 6.07) is 17.2. The normalized spacial score (nSPS) is 19.7. The van der Waals surface area contributed by atoms with Crippen molar-refractivity contribution in [3.05, 3.63) is 65.7 Å². The van der Waals surface area contributed by atoms with Crippen molar-refractivity contribution >= 4 is 17.5 Å². The summed E-state index contributed by atoms with van der Waals surface area (Å²) in [5.74, 6) is -0.382. The van der Waals surface area contributed by atoms with Gasteiger partial charge in [0.05, 0.1) is 6.04 Å². The van der Waals surface area contributed by atoms with E-state index in [-0.39, 0.29) is 29.8 Å². The molecule has 148 valence electrons. The minimum atomic E-state index is -0.662. The van der Waals surface area contributed by atoms with Gasteiger partial charge >= 0.3 is 0 Å². The molecule has 2 aromatic rings. The lowest BCUT2D eigenvalue weighted by atomic mass is 9.86. The van der Waals surface area contributed by atoms with Crippen LogP contribution in [0, 0.1) is 0 Å². The van der Waals surface area contributed by atoms with Crippen LogP contribution < -0.4 is 16.0 Å². The number of benzene rings is 2. The van der Waals surface area contributed by atoms with Gasteiger partial charge in [-0.05, 0) is 43.9 Å². The molecule has 0 bridgehead atoms. The van der Waals surface area contributed by atoms with Gasteiger partial charge in [-0.15, -0.1) is 0 Å². The Kier molecular flexibility index (Phi) is 5.84. The van der Waals surface area contributed by atoms with Crippen molar-refractivity contribution in [1.82, 2.24) is 5.32 Å². The number of carbonyl (C=O) groups is 2. The van der Waals surface area contributed by atoms with Gasteiger partial charge in [-0.1, -0.05) is 55.5 Å². The number of amides is 2. The number of carbonyl (C=O) groups excluding carboxylic acids is 2. The minimum Gasteiger partial charge on any atom is -0.350 e. The van der Waals surface area contributed by atoms with Crippen LogP contribution in [0.4, 0.5) is 5.69 Å². The van der Waals surface area contributed by atoms with Gasteiger partial charge in [-0.3, -0.25) is 9.59 Å². The number of nitrogens with two attached hydrogens (primary N) is 1. The topological polar surface area (TPSA) is 75.4 Å². The van der Waals surface area contributed by atoms with E-state index in [9.17, 15) is 9.59 Å². The van der Waals surface area contributed by atoms with Gasteiger partial charge < -0.3 is 16.0 Å². The highest BCUT2D eigenvalue weighted by Gasteiger charge is 2.35. The van der Waals surface area contributed by atoms with E-state index in [1.54, 1.807) is 4.90 Å². The Morgan fingerprint density at radius 3 is 2.46 bits per heavy atom. The quantitative estimate of drug-likeness (QED) is 0.838. The molecule has 1 heterocycles. The zero-order valence-electron chi connectivity index (χ0n) is 16.8. The molecule has 0 unspecified atom stereocenters. The van der Waals surface area contributed by atoms with Gasteiger partial charge in [-0.2, -0.15) is 0 Å². The second-order valence-electron chi connectivity index (χ2n) is 8.07. The van der Waals surface area contributed by atoms with E-state index >= 15 is 0 Å². The van der Waals surface area contributed by atoms with E-state index in [1.807, 2.05) is 63.2 Å². The summed E-state index contributed by atoms with van der Waals surface area (Å²) in [5.41, 5.74) is 8.87. The van der Waals surface area contributed by atoms with Crippen molar-refractivity contribution in [2.24, 2.45) is 5.73 Å². The van der Waals surface area contributed by atoms with Crippen LogP contribution in [0.1, 0.15) is 50.7 Å². The molecular weight excluding hydrogens is 350 g/mol. The fourth-order valence-corrected chi connectivity index (χ4v) is 3.64. The molecule has 0 saturated carbocycles. The number of nitrogens with one attached hydrogen (secondary N) is 1. The lowest BCUT2D eigenvalue weighted by Crippen LogP contribution is -2.51. The first-order valence-corrected chi connectivity index (χ1v) is 9.84. The van der Waals surface area contributed by atoms with Gasteiger partial charge in [0.25, 0.3) is 0 Å². The lowest BCUT2D eigenvalue weighted by molar-refractivity contribution is -0.125. The Hall–Kier alpha value is -2.66. The molecule has 3 rings (SSSR count). The number of fused-ring (bicyclic) bond motifs is 1. The van der Waals surface area contributed by atoms with E-state index in [1.165, 1.54) is 0 Å². The Bertz CT molecular complexity index is 848. The Morgan fingerprint density at radius 2 is 1.79 bits per heavy atom. The Labute approximate surface area is 166 Å². The van der Waals surface area contributed by atoms with Crippen molar-refractivity contribution in [2.75, 3.05) is 11.4 Å². The highest BCUT2D eigenvalue weighted by molar-refractivity contribution is 6.03. The first kappa shape index (κ1) is 20.1. The maximum atomic E-state index is 13.1. The van der Waals surface area contributed by atoms with Crippen LogP contribution in [-0.2, 0) is 9.59 Å². The van der Waals surface area contributed by atoms with Crippen molar-refractivity contribution in [3.8, 4) is 0 Å². The summed E-state index contributed by atoms with van der Waals surface area (Å²) in [4.78, 5) is 27.3. The number of anilines is 1. The van der Waals surface area contributed by atoms with Crippen LogP contribution in [0.25, 0.3) is 0 Å². The van der Waals surface area contributed by atoms with Crippen molar-refractivity contribution in [2.45, 2.75) is 51.1 Å². The average Bonchev–Trinajstić information content (AvgIpc) is 2.79. The largest absolute Gasteiger partial charge is 0.350 e. The molecule has 1 aliphatic heterocycles. The van der Waals surface area contributed by atoms with Crippen LogP contribution in [0.3, 0.4) is 0 Å². The van der Waals surface area contributed by atoms with Crippen LogP contribution >= 0.6 is 0 Å². The van der Waals surface area contributed by atoms with Crippen LogP contribution in [0.15, 0.2) is 54.6 Å². The van der Waals surface area contributed by atoms with Gasteiger partial charge in [0.2, 0.25) is 11.8 Å². The van der Waals surface area contributed by atoms with Crippen molar-refractivity contribution < 1.29 is 9.59 Å². The lowest BCUT2D eigenvalue weighted by Gasteiger charge is -2.28. The fourth-order valence-electron chi connectivity index (χ4n) is 3.64. The first-order chi connectivity index (χ1) is 13.3. The summed E-state index contributed by atoms with van der Waals surface area (Å²) >= 11 is 0. The molecule has 0 saturated heterocycles. The summed E-state index contributed by atoms with van der Waals surface area (Å²) < 4.78 is 0. The highest BCUT2D eigenvalue weighted by atomic mass is 16.2. The van der Waals surface area contributed by atoms with E-state index in [0.717, 1.165) is 23.2 Å². The van der Waals surface area contributed by atoms with Crippen LogP contribution in [0.5, 0.6) is 0 Å². The molecule has 0 spiro atoms. The fraction of sp³-hybridized carbons (Fsp3) is 0.391. The molecule has 2 aromatic carbocycles. The molecule has 0 fully saturated rings. The third-order valence-electron chi connectivity index (χ3n) is 5.54. The molecule has 2 atom stereocenters. The number of hydrogen-bond acceptors (Lipinski definition) is 3. The highest BCUT2D eigenvalue weighted by Crippen LogP contribution is 2.38. The molecular formula is C23H29N3O2. The average molecular weight is 380 g/mol. The van der Waals surface area contributed by atoms with Gasteiger partial charge in [0.1, 0.15) is 6.54 Å². The number of hydrogen-bond donors (Lipinski definition) is 2. The molecule has 0 aromatic heterocycles. The number of nitrogens with zero attached hydrogens (tertiary/aromatic N) is 1. The predicted molar refractivity (Wildman–Crippen MR) is 112 cm³/mol. The molecule has 3 N–H and O–H groups in total. The molecule has 5 heteroatoms. The second kappa shape index (κ2) is 8.15. The Morgan fingerprint density at radius 1 is 1.14 bits per heavy atom. The molecule has 0 aliphatic carbocycles. The van der Waals surface area contributed by atoms with Gasteiger partial charge in [0, 0.05) is 17.1 Å². The summed E-state index contributed by atoms with van der Waals surface area (Å²) in [5, 5.41) is 3.01. The SMILES string of the molecule is CCC(C)(C)NC(=O)CN1C(=O)[C@H](N)C[C@H](c2ccccc2)c2ccccc21. The molecule has 0 radical (unpaired) electrons. The smallest absolute Gasteiger partial charge is 0.244 e. The van der Waals surface area contributed by atoms with Gasteiger partial charge in [-0.25, -0.2) is 0 Å². The monoisotopic (exact) mass is 379 g/mol. The van der Waals surface area contributed by atoms with Gasteiger partial charge in [0.15, 0.2) is 0 Å². The van der Waals surface area contributed by atoms with Crippen molar-refractivity contribution in [1.29, 1.82) is 0 Å². The molecule has 28 heavy (non-hydrogen) atoms. The maximum absolute atomic E-state index is 13.1. The Balaban J connectivity index is 1.98.